The highest BCUT2D eigenvalue weighted by Gasteiger charge is 2.20. The molecular formula is C9H20O4. The Hall–Kier alpha value is -0.160. The molecule has 4 heteroatoms. The number of aliphatic hydroxyl groups is 3. The lowest BCUT2D eigenvalue weighted by Crippen LogP contribution is -2.37. The van der Waals surface area contributed by atoms with Gasteiger partial charge in [-0.25, -0.2) is 0 Å². The first kappa shape index (κ1) is 12.8. The predicted octanol–water partition coefficient (Wildman–Crippen LogP) is -0.0943. The van der Waals surface area contributed by atoms with Crippen molar-refractivity contribution in [2.45, 2.75) is 45.0 Å². The van der Waals surface area contributed by atoms with Crippen molar-refractivity contribution in [1.82, 2.24) is 0 Å². The fraction of sp³-hybridized carbons (Fsp3) is 1.00. The molecule has 3 N–H and O–H groups in total. The molecule has 0 rings (SSSR count). The molecule has 0 spiro atoms. The van der Waals surface area contributed by atoms with E-state index in [1.807, 2.05) is 13.8 Å². The Morgan fingerprint density at radius 1 is 1.08 bits per heavy atom. The van der Waals surface area contributed by atoms with Gasteiger partial charge < -0.3 is 20.1 Å². The van der Waals surface area contributed by atoms with Gasteiger partial charge in [0, 0.05) is 0 Å². The normalized spacial score (nSPS) is 16.2. The van der Waals surface area contributed by atoms with Gasteiger partial charge in [-0.05, 0) is 12.8 Å². The molecule has 0 unspecified atom stereocenters. The Balaban J connectivity index is 3.94. The van der Waals surface area contributed by atoms with Crippen LogP contribution >= 0.6 is 0 Å². The molecule has 0 aromatic rings. The Labute approximate surface area is 79.2 Å². The maximum Gasteiger partial charge on any atom is 0.109 e. The summed E-state index contributed by atoms with van der Waals surface area (Å²) >= 11 is 0. The van der Waals surface area contributed by atoms with Crippen LogP contribution in [-0.2, 0) is 4.74 Å². The summed E-state index contributed by atoms with van der Waals surface area (Å²) in [5.41, 5.74) is 0. The van der Waals surface area contributed by atoms with E-state index in [-0.39, 0.29) is 19.3 Å². The van der Waals surface area contributed by atoms with Gasteiger partial charge in [0.25, 0.3) is 0 Å². The van der Waals surface area contributed by atoms with Crippen LogP contribution in [0.4, 0.5) is 0 Å². The Bertz CT molecular complexity index is 114. The summed E-state index contributed by atoms with van der Waals surface area (Å²) in [6.45, 7) is 3.31. The van der Waals surface area contributed by atoms with E-state index in [0.717, 1.165) is 12.8 Å². The van der Waals surface area contributed by atoms with Gasteiger partial charge >= 0.3 is 0 Å². The molecule has 0 radical (unpaired) electrons. The van der Waals surface area contributed by atoms with E-state index in [4.69, 9.17) is 14.9 Å². The van der Waals surface area contributed by atoms with Gasteiger partial charge in [0.1, 0.15) is 12.2 Å². The van der Waals surface area contributed by atoms with Crippen LogP contribution in [0.5, 0.6) is 0 Å². The first-order valence-electron chi connectivity index (χ1n) is 4.74. The van der Waals surface area contributed by atoms with Crippen molar-refractivity contribution in [3.05, 3.63) is 0 Å². The van der Waals surface area contributed by atoms with Crippen LogP contribution in [-0.4, -0.2) is 46.8 Å². The fourth-order valence-electron chi connectivity index (χ4n) is 1.10. The van der Waals surface area contributed by atoms with Gasteiger partial charge in [0.15, 0.2) is 0 Å². The Kier molecular flexibility index (Phi) is 7.17. The summed E-state index contributed by atoms with van der Waals surface area (Å²) in [6.07, 6.45) is 0.0508. The van der Waals surface area contributed by atoms with E-state index in [1.165, 1.54) is 0 Å². The van der Waals surface area contributed by atoms with Crippen molar-refractivity contribution in [3.63, 3.8) is 0 Å². The van der Waals surface area contributed by atoms with Crippen LogP contribution in [0.2, 0.25) is 0 Å². The highest BCUT2D eigenvalue weighted by Crippen LogP contribution is 2.09. The average Bonchev–Trinajstić information content (AvgIpc) is 2.19. The molecular weight excluding hydrogens is 172 g/mol. The summed E-state index contributed by atoms with van der Waals surface area (Å²) in [5.74, 6) is 0. The van der Waals surface area contributed by atoms with Crippen LogP contribution < -0.4 is 0 Å². The summed E-state index contributed by atoms with van der Waals surface area (Å²) in [7, 11) is 0. The van der Waals surface area contributed by atoms with Crippen molar-refractivity contribution < 1.29 is 20.1 Å². The quantitative estimate of drug-likeness (QED) is 0.527. The Morgan fingerprint density at radius 3 is 1.92 bits per heavy atom. The molecule has 4 nitrogen and oxygen atoms in total. The number of hydrogen-bond donors (Lipinski definition) is 3. The van der Waals surface area contributed by atoms with Crippen LogP contribution in [0.25, 0.3) is 0 Å². The predicted molar refractivity (Wildman–Crippen MR) is 49.4 cm³/mol. The highest BCUT2D eigenvalue weighted by molar-refractivity contribution is 4.69. The van der Waals surface area contributed by atoms with Crippen molar-refractivity contribution in [2.24, 2.45) is 0 Å². The van der Waals surface area contributed by atoms with Crippen molar-refractivity contribution in [2.75, 3.05) is 13.2 Å². The lowest BCUT2D eigenvalue weighted by molar-refractivity contribution is -0.111. The third-order valence-electron chi connectivity index (χ3n) is 2.07. The molecule has 0 saturated carbocycles. The largest absolute Gasteiger partial charge is 0.394 e. The summed E-state index contributed by atoms with van der Waals surface area (Å²) < 4.78 is 5.39. The summed E-state index contributed by atoms with van der Waals surface area (Å²) in [5, 5.41) is 26.7. The number of rotatable bonds is 7. The van der Waals surface area contributed by atoms with Gasteiger partial charge in [-0.15, -0.1) is 0 Å². The number of aliphatic hydroxyl groups excluding tert-OH is 3. The molecule has 80 valence electrons. The lowest BCUT2D eigenvalue weighted by atomic mass is 10.2. The third kappa shape index (κ3) is 4.57. The maximum atomic E-state index is 9.22. The van der Waals surface area contributed by atoms with Crippen LogP contribution in [0.1, 0.15) is 26.7 Å². The zero-order valence-electron chi connectivity index (χ0n) is 8.31. The minimum Gasteiger partial charge on any atom is -0.394 e. The second-order valence-electron chi connectivity index (χ2n) is 3.05. The molecule has 0 aliphatic rings. The number of ether oxygens (including phenoxy) is 1. The molecule has 0 bridgehead atoms. The Morgan fingerprint density at radius 2 is 1.62 bits per heavy atom. The smallest absolute Gasteiger partial charge is 0.109 e. The topological polar surface area (TPSA) is 69.9 Å². The van der Waals surface area contributed by atoms with Crippen molar-refractivity contribution in [3.8, 4) is 0 Å². The lowest BCUT2D eigenvalue weighted by Gasteiger charge is -2.24. The van der Waals surface area contributed by atoms with Gasteiger partial charge in [0.05, 0.1) is 19.3 Å². The number of hydrogen-bond acceptors (Lipinski definition) is 4. The molecule has 0 amide bonds. The van der Waals surface area contributed by atoms with Crippen LogP contribution in [0, 0.1) is 0 Å². The standard InChI is InChI=1S/C9H20O4/c1-3-7(4-2)13-9(6-11)8(12)5-10/h7-12H,3-6H2,1-2H3/t8-,9-/m1/s1. The molecule has 0 aromatic heterocycles. The SMILES string of the molecule is CCC(CC)O[C@H](CO)[C@H](O)CO. The molecule has 0 heterocycles. The second-order valence-corrected chi connectivity index (χ2v) is 3.05. The molecule has 0 aromatic carbocycles. The van der Waals surface area contributed by atoms with Gasteiger partial charge in [-0.2, -0.15) is 0 Å². The third-order valence-corrected chi connectivity index (χ3v) is 2.07. The van der Waals surface area contributed by atoms with Crippen molar-refractivity contribution >= 4 is 0 Å². The van der Waals surface area contributed by atoms with Gasteiger partial charge in [-0.3, -0.25) is 0 Å². The molecule has 13 heavy (non-hydrogen) atoms. The van der Waals surface area contributed by atoms with Crippen LogP contribution in [0.3, 0.4) is 0 Å². The first-order chi connectivity index (χ1) is 6.19. The fourth-order valence-corrected chi connectivity index (χ4v) is 1.10. The van der Waals surface area contributed by atoms with E-state index >= 15 is 0 Å². The van der Waals surface area contributed by atoms with E-state index in [0.29, 0.717) is 0 Å². The van der Waals surface area contributed by atoms with Crippen molar-refractivity contribution in [1.29, 1.82) is 0 Å². The minimum absolute atomic E-state index is 0.0401. The monoisotopic (exact) mass is 192 g/mol. The zero-order chi connectivity index (χ0) is 10.3. The first-order valence-corrected chi connectivity index (χ1v) is 4.74. The molecule has 2 atom stereocenters. The molecule has 0 aliphatic heterocycles. The minimum atomic E-state index is -0.995. The van der Waals surface area contributed by atoms with Crippen LogP contribution in [0.15, 0.2) is 0 Å². The summed E-state index contributed by atoms with van der Waals surface area (Å²) in [6, 6.07) is 0. The summed E-state index contributed by atoms with van der Waals surface area (Å²) in [4.78, 5) is 0. The second kappa shape index (κ2) is 7.26. The van der Waals surface area contributed by atoms with E-state index in [9.17, 15) is 5.11 Å². The molecule has 0 saturated heterocycles. The highest BCUT2D eigenvalue weighted by atomic mass is 16.5. The maximum absolute atomic E-state index is 9.22. The zero-order valence-corrected chi connectivity index (χ0v) is 8.31. The van der Waals surface area contributed by atoms with Gasteiger partial charge in [0.2, 0.25) is 0 Å². The van der Waals surface area contributed by atoms with Gasteiger partial charge in [-0.1, -0.05) is 13.8 Å². The molecule has 0 aliphatic carbocycles. The van der Waals surface area contributed by atoms with E-state index < -0.39 is 12.2 Å². The van der Waals surface area contributed by atoms with E-state index in [2.05, 4.69) is 0 Å². The average molecular weight is 192 g/mol. The van der Waals surface area contributed by atoms with E-state index in [1.54, 1.807) is 0 Å². The molecule has 0 fully saturated rings.